The van der Waals surface area contributed by atoms with Crippen LogP contribution in [0.1, 0.15) is 33.3 Å². The summed E-state index contributed by atoms with van der Waals surface area (Å²) in [4.78, 5) is 23.5. The van der Waals surface area contributed by atoms with E-state index in [-0.39, 0.29) is 30.4 Å². The number of carbonyl (C=O) groups excluding carboxylic acids is 1. The van der Waals surface area contributed by atoms with E-state index in [1.807, 2.05) is 13.8 Å². The van der Waals surface area contributed by atoms with Gasteiger partial charge in [0.2, 0.25) is 0 Å². The molecule has 0 bridgehead atoms. The zero-order valence-corrected chi connectivity index (χ0v) is 15.4. The minimum atomic E-state index is -1.76. The highest BCUT2D eigenvalue weighted by molar-refractivity contribution is 5.79. The minimum absolute atomic E-state index is 0.133. The number of rotatable bonds is 8. The molecule has 0 aromatic heterocycles. The van der Waals surface area contributed by atoms with Crippen LogP contribution in [-0.4, -0.2) is 45.7 Å². The van der Waals surface area contributed by atoms with Gasteiger partial charge in [-0.3, -0.25) is 4.79 Å². The quantitative estimate of drug-likeness (QED) is 0.404. The zero-order valence-electron chi connectivity index (χ0n) is 15.4. The van der Waals surface area contributed by atoms with Gasteiger partial charge in [0.05, 0.1) is 6.61 Å². The number of ether oxygens (including phenoxy) is 2. The number of carboxylic acid groups (broad SMARTS) is 1. The van der Waals surface area contributed by atoms with Crippen molar-refractivity contribution in [1.29, 1.82) is 0 Å². The van der Waals surface area contributed by atoms with Gasteiger partial charge in [0.1, 0.15) is 11.6 Å². The molecule has 3 atom stereocenters. The normalized spacial score (nSPS) is 15.8. The first-order valence-electron chi connectivity index (χ1n) is 8.34. The molecule has 0 fully saturated rings. The molecule has 1 aromatic carbocycles. The third kappa shape index (κ3) is 5.52. The number of benzene rings is 1. The van der Waals surface area contributed by atoms with Crippen molar-refractivity contribution in [1.82, 2.24) is 0 Å². The number of carbonyl (C=O) groups is 2. The van der Waals surface area contributed by atoms with Gasteiger partial charge in [-0.25, -0.2) is 4.79 Å². The summed E-state index contributed by atoms with van der Waals surface area (Å²) in [5, 5.41) is 28.6. The second kappa shape index (κ2) is 8.75. The van der Waals surface area contributed by atoms with Gasteiger partial charge >= 0.3 is 12.1 Å². The number of aromatic hydroxyl groups is 2. The molecule has 1 rings (SSSR count). The highest BCUT2D eigenvalue weighted by atomic mass is 16.7. The molecule has 0 aliphatic carbocycles. The molecule has 0 unspecified atom stereocenters. The number of hydrogen-bond acceptors (Lipinski definition) is 7. The maximum absolute atomic E-state index is 11.8. The van der Waals surface area contributed by atoms with Crippen molar-refractivity contribution in [3.05, 3.63) is 23.8 Å². The van der Waals surface area contributed by atoms with Crippen molar-refractivity contribution in [3.8, 4) is 11.5 Å². The van der Waals surface area contributed by atoms with Gasteiger partial charge in [0, 0.05) is 12.3 Å². The molecule has 146 valence electrons. The third-order valence-electron chi connectivity index (χ3n) is 4.27. The molecule has 26 heavy (non-hydrogen) atoms. The van der Waals surface area contributed by atoms with Crippen LogP contribution in [-0.2, 0) is 20.7 Å². The van der Waals surface area contributed by atoms with Gasteiger partial charge in [0.25, 0.3) is 0 Å². The largest absolute Gasteiger partial charge is 0.508 e. The second-order valence-corrected chi connectivity index (χ2v) is 6.91. The summed E-state index contributed by atoms with van der Waals surface area (Å²) in [6.07, 6.45) is -1.83. The summed E-state index contributed by atoms with van der Waals surface area (Å²) < 4.78 is 10.1. The van der Waals surface area contributed by atoms with Crippen LogP contribution in [0.2, 0.25) is 0 Å². The number of aliphatic carboxylic acids is 1. The molecule has 0 spiro atoms. The van der Waals surface area contributed by atoms with E-state index in [0.717, 1.165) is 0 Å². The van der Waals surface area contributed by atoms with E-state index in [2.05, 4.69) is 0 Å². The fourth-order valence-corrected chi connectivity index (χ4v) is 2.39. The van der Waals surface area contributed by atoms with Crippen molar-refractivity contribution in [2.45, 2.75) is 45.8 Å². The molecule has 8 nitrogen and oxygen atoms in total. The molecule has 0 heterocycles. The Morgan fingerprint density at radius 1 is 1.15 bits per heavy atom. The maximum Gasteiger partial charge on any atom is 0.508 e. The summed E-state index contributed by atoms with van der Waals surface area (Å²) in [5.41, 5.74) is 4.79. The Kier molecular flexibility index (Phi) is 7.26. The molecular weight excluding hydrogens is 342 g/mol. The number of carboxylic acids is 1. The molecule has 0 saturated heterocycles. The van der Waals surface area contributed by atoms with Gasteiger partial charge in [-0.2, -0.15) is 0 Å². The first kappa shape index (κ1) is 21.6. The van der Waals surface area contributed by atoms with Gasteiger partial charge < -0.3 is 30.5 Å². The van der Waals surface area contributed by atoms with E-state index in [4.69, 9.17) is 15.2 Å². The zero-order chi connectivity index (χ0) is 20.1. The average molecular weight is 369 g/mol. The summed E-state index contributed by atoms with van der Waals surface area (Å²) in [5.74, 6) is -2.58. The van der Waals surface area contributed by atoms with Crippen molar-refractivity contribution < 1.29 is 34.4 Å². The molecular formula is C18H27NO7. The van der Waals surface area contributed by atoms with Crippen LogP contribution < -0.4 is 5.73 Å². The van der Waals surface area contributed by atoms with Crippen LogP contribution >= 0.6 is 0 Å². The van der Waals surface area contributed by atoms with Gasteiger partial charge in [-0.15, -0.1) is 0 Å². The van der Waals surface area contributed by atoms with E-state index in [0.29, 0.717) is 5.56 Å². The lowest BCUT2D eigenvalue weighted by molar-refractivity contribution is -0.147. The highest BCUT2D eigenvalue weighted by Crippen LogP contribution is 2.30. The molecule has 0 saturated carbocycles. The summed E-state index contributed by atoms with van der Waals surface area (Å²) in [7, 11) is 0. The van der Waals surface area contributed by atoms with Crippen LogP contribution in [0.25, 0.3) is 0 Å². The average Bonchev–Trinajstić information content (AvgIpc) is 2.55. The van der Waals surface area contributed by atoms with Crippen LogP contribution in [0.3, 0.4) is 0 Å². The Balaban J connectivity index is 2.90. The summed E-state index contributed by atoms with van der Waals surface area (Å²) in [6.45, 7) is 7.05. The molecule has 0 amide bonds. The first-order chi connectivity index (χ1) is 12.0. The van der Waals surface area contributed by atoms with Crippen molar-refractivity contribution in [3.63, 3.8) is 0 Å². The molecule has 0 radical (unpaired) electrons. The van der Waals surface area contributed by atoms with Crippen LogP contribution in [0, 0.1) is 11.8 Å². The molecule has 0 aliphatic heterocycles. The SMILES string of the molecule is CC(C)COC(=O)O[C@@H](C)[C@@H](C)[C@](N)(Cc1ccc(O)c(O)c1)C(=O)O. The van der Waals surface area contributed by atoms with Crippen LogP contribution in [0.15, 0.2) is 18.2 Å². The van der Waals surface area contributed by atoms with Crippen LogP contribution in [0.4, 0.5) is 4.79 Å². The fourth-order valence-electron chi connectivity index (χ4n) is 2.39. The standard InChI is InChI=1S/C18H27NO7/c1-10(2)9-25-17(24)26-12(4)11(3)18(19,16(22)23)8-13-5-6-14(20)15(21)7-13/h5-7,10-12,20-21H,8-9,19H2,1-4H3,(H,22,23)/t11-,12+,18-/m1/s1. The molecule has 0 aliphatic rings. The van der Waals surface area contributed by atoms with Gasteiger partial charge in [-0.1, -0.05) is 26.8 Å². The van der Waals surface area contributed by atoms with E-state index in [1.54, 1.807) is 13.8 Å². The molecule has 5 N–H and O–H groups in total. The Morgan fingerprint density at radius 3 is 2.27 bits per heavy atom. The highest BCUT2D eigenvalue weighted by Gasteiger charge is 2.44. The van der Waals surface area contributed by atoms with Crippen molar-refractivity contribution in [2.24, 2.45) is 17.6 Å². The predicted octanol–water partition coefficient (Wildman–Crippen LogP) is 2.26. The van der Waals surface area contributed by atoms with Gasteiger partial charge in [-0.05, 0) is 30.5 Å². The fraction of sp³-hybridized carbons (Fsp3) is 0.556. The Morgan fingerprint density at radius 2 is 1.77 bits per heavy atom. The van der Waals surface area contributed by atoms with Crippen molar-refractivity contribution in [2.75, 3.05) is 6.61 Å². The number of phenols is 2. The maximum atomic E-state index is 11.8. The van der Waals surface area contributed by atoms with Crippen LogP contribution in [0.5, 0.6) is 11.5 Å². The lowest BCUT2D eigenvalue weighted by Gasteiger charge is -2.34. The topological polar surface area (TPSA) is 139 Å². The van der Waals surface area contributed by atoms with E-state index >= 15 is 0 Å². The predicted molar refractivity (Wildman–Crippen MR) is 93.9 cm³/mol. The minimum Gasteiger partial charge on any atom is -0.504 e. The smallest absolute Gasteiger partial charge is 0.504 e. The first-order valence-corrected chi connectivity index (χ1v) is 8.34. The summed E-state index contributed by atoms with van der Waals surface area (Å²) in [6, 6.07) is 3.96. The number of nitrogens with two attached hydrogens (primary N) is 1. The van der Waals surface area contributed by atoms with Gasteiger partial charge in [0.15, 0.2) is 11.5 Å². The summed E-state index contributed by atoms with van der Waals surface area (Å²) >= 11 is 0. The van der Waals surface area contributed by atoms with Crippen molar-refractivity contribution >= 4 is 12.1 Å². The number of hydrogen-bond donors (Lipinski definition) is 4. The third-order valence-corrected chi connectivity index (χ3v) is 4.27. The molecule has 1 aromatic rings. The van der Waals surface area contributed by atoms with E-state index < -0.39 is 29.7 Å². The number of phenolic OH excluding ortho intramolecular Hbond substituents is 2. The second-order valence-electron chi connectivity index (χ2n) is 6.91. The Hall–Kier alpha value is -2.48. The lowest BCUT2D eigenvalue weighted by atomic mass is 9.78. The lowest BCUT2D eigenvalue weighted by Crippen LogP contribution is -2.58. The van der Waals surface area contributed by atoms with E-state index in [9.17, 15) is 24.9 Å². The monoisotopic (exact) mass is 369 g/mol. The Bertz CT molecular complexity index is 646. The van der Waals surface area contributed by atoms with E-state index in [1.165, 1.54) is 18.2 Å². The molecule has 8 heteroatoms. The Labute approximate surface area is 152 Å².